The average Bonchev–Trinajstić information content (AvgIpc) is 3.46. The lowest BCUT2D eigenvalue weighted by atomic mass is 10.0. The van der Waals surface area contributed by atoms with E-state index in [1.807, 2.05) is 18.3 Å². The van der Waals surface area contributed by atoms with Crippen molar-refractivity contribution in [3.05, 3.63) is 30.1 Å². The van der Waals surface area contributed by atoms with Crippen LogP contribution in [-0.2, 0) is 10.0 Å². The van der Waals surface area contributed by atoms with Crippen molar-refractivity contribution in [3.8, 4) is 0 Å². The summed E-state index contributed by atoms with van der Waals surface area (Å²) in [5.41, 5.74) is 1.13. The Labute approximate surface area is 138 Å². The van der Waals surface area contributed by atoms with Crippen molar-refractivity contribution in [1.82, 2.24) is 14.6 Å². The molecule has 3 fully saturated rings. The van der Waals surface area contributed by atoms with Crippen LogP contribution in [0.2, 0.25) is 0 Å². The van der Waals surface area contributed by atoms with Crippen LogP contribution < -0.4 is 5.32 Å². The molecule has 1 unspecified atom stereocenters. The number of piperidine rings is 1. The number of rotatable bonds is 6. The van der Waals surface area contributed by atoms with Crippen LogP contribution in [0.3, 0.4) is 0 Å². The molecule has 1 saturated heterocycles. The zero-order chi connectivity index (χ0) is 15.9. The fraction of sp³-hybridized carbons (Fsp3) is 0.706. The summed E-state index contributed by atoms with van der Waals surface area (Å²) >= 11 is 0. The fourth-order valence-electron chi connectivity index (χ4n) is 3.56. The minimum Gasteiger partial charge on any atom is -0.306 e. The third-order valence-electron chi connectivity index (χ3n) is 5.27. The quantitative estimate of drug-likeness (QED) is 0.864. The SMILES string of the molecule is O=S(=O)(C1CC1)N1CCC(NC(c2ccccn2)C2CC2)CC1. The van der Waals surface area contributed by atoms with Gasteiger partial charge in [-0.15, -0.1) is 0 Å². The molecule has 0 aromatic carbocycles. The Balaban J connectivity index is 1.36. The number of pyridine rings is 1. The Morgan fingerprint density at radius 3 is 2.39 bits per heavy atom. The maximum atomic E-state index is 12.3. The van der Waals surface area contributed by atoms with E-state index in [2.05, 4.69) is 16.4 Å². The van der Waals surface area contributed by atoms with Gasteiger partial charge in [-0.3, -0.25) is 4.98 Å². The van der Waals surface area contributed by atoms with Crippen molar-refractivity contribution >= 4 is 10.0 Å². The Morgan fingerprint density at radius 1 is 1.09 bits per heavy atom. The molecule has 126 valence electrons. The van der Waals surface area contributed by atoms with Gasteiger partial charge < -0.3 is 5.32 Å². The predicted molar refractivity (Wildman–Crippen MR) is 89.4 cm³/mol. The highest BCUT2D eigenvalue weighted by Crippen LogP contribution is 2.41. The van der Waals surface area contributed by atoms with Gasteiger partial charge in [0.2, 0.25) is 10.0 Å². The smallest absolute Gasteiger partial charge is 0.216 e. The first kappa shape index (κ1) is 15.5. The fourth-order valence-corrected chi connectivity index (χ4v) is 5.43. The standard InChI is InChI=1S/C17H25N3O2S/c21-23(22,15-6-7-15)20-11-8-14(9-12-20)19-17(13-4-5-13)16-3-1-2-10-18-16/h1-3,10,13-15,17,19H,4-9,11-12H2. The zero-order valence-corrected chi connectivity index (χ0v) is 14.2. The van der Waals surface area contributed by atoms with Crippen molar-refractivity contribution in [1.29, 1.82) is 0 Å². The van der Waals surface area contributed by atoms with Gasteiger partial charge in [0, 0.05) is 25.3 Å². The van der Waals surface area contributed by atoms with Gasteiger partial charge in [-0.2, -0.15) is 0 Å². The molecular weight excluding hydrogens is 310 g/mol. The third kappa shape index (κ3) is 3.44. The Morgan fingerprint density at radius 2 is 1.83 bits per heavy atom. The number of nitrogens with one attached hydrogen (secondary N) is 1. The first-order chi connectivity index (χ1) is 11.1. The Kier molecular flexibility index (Phi) is 4.15. The van der Waals surface area contributed by atoms with Crippen molar-refractivity contribution in [2.45, 2.75) is 55.9 Å². The summed E-state index contributed by atoms with van der Waals surface area (Å²) in [5.74, 6) is 0.693. The first-order valence-corrected chi connectivity index (χ1v) is 10.3. The van der Waals surface area contributed by atoms with E-state index in [-0.39, 0.29) is 5.25 Å². The molecule has 3 aliphatic rings. The van der Waals surface area contributed by atoms with E-state index in [4.69, 9.17) is 0 Å². The van der Waals surface area contributed by atoms with Crippen LogP contribution in [0.1, 0.15) is 50.3 Å². The maximum absolute atomic E-state index is 12.3. The van der Waals surface area contributed by atoms with Gasteiger partial charge in [0.1, 0.15) is 0 Å². The number of sulfonamides is 1. The number of aromatic nitrogens is 1. The Hall–Kier alpha value is -0.980. The minimum atomic E-state index is -3.00. The molecule has 0 bridgehead atoms. The van der Waals surface area contributed by atoms with Gasteiger partial charge >= 0.3 is 0 Å². The monoisotopic (exact) mass is 335 g/mol. The van der Waals surface area contributed by atoms with E-state index >= 15 is 0 Å². The molecule has 1 aromatic rings. The van der Waals surface area contributed by atoms with Gasteiger partial charge in [-0.05, 0) is 56.6 Å². The van der Waals surface area contributed by atoms with Crippen molar-refractivity contribution < 1.29 is 8.42 Å². The molecule has 1 N–H and O–H groups in total. The summed E-state index contributed by atoms with van der Waals surface area (Å²) in [6, 6.07) is 6.82. The van der Waals surface area contributed by atoms with Crippen molar-refractivity contribution in [3.63, 3.8) is 0 Å². The molecule has 2 saturated carbocycles. The lowest BCUT2D eigenvalue weighted by molar-refractivity contribution is 0.264. The molecule has 6 heteroatoms. The number of nitrogens with zero attached hydrogens (tertiary/aromatic N) is 2. The predicted octanol–water partition coefficient (Wildman–Crippen LogP) is 2.08. The molecule has 0 amide bonds. The second-order valence-corrected chi connectivity index (χ2v) is 9.37. The van der Waals surface area contributed by atoms with Crippen LogP contribution in [0.15, 0.2) is 24.4 Å². The molecule has 0 spiro atoms. The molecular formula is C17H25N3O2S. The van der Waals surface area contributed by atoms with E-state index in [1.54, 1.807) is 4.31 Å². The zero-order valence-electron chi connectivity index (χ0n) is 13.4. The number of hydrogen-bond donors (Lipinski definition) is 1. The Bertz CT molecular complexity index is 633. The summed E-state index contributed by atoms with van der Waals surface area (Å²) in [6.07, 6.45) is 7.90. The van der Waals surface area contributed by atoms with E-state index in [1.165, 1.54) is 12.8 Å². The molecule has 1 atom stereocenters. The molecule has 1 aromatic heterocycles. The van der Waals surface area contributed by atoms with Crippen LogP contribution in [0.25, 0.3) is 0 Å². The summed E-state index contributed by atoms with van der Waals surface area (Å²) in [5, 5.41) is 3.68. The van der Waals surface area contributed by atoms with Gasteiger partial charge in [0.15, 0.2) is 0 Å². The highest BCUT2D eigenvalue weighted by Gasteiger charge is 2.42. The van der Waals surface area contributed by atoms with Gasteiger partial charge in [0.25, 0.3) is 0 Å². The van der Waals surface area contributed by atoms with Crippen LogP contribution >= 0.6 is 0 Å². The topological polar surface area (TPSA) is 62.3 Å². The van der Waals surface area contributed by atoms with Crippen LogP contribution in [-0.4, -0.2) is 42.1 Å². The first-order valence-electron chi connectivity index (χ1n) is 8.80. The third-order valence-corrected chi connectivity index (χ3v) is 7.67. The largest absolute Gasteiger partial charge is 0.306 e. The van der Waals surface area contributed by atoms with E-state index in [9.17, 15) is 8.42 Å². The summed E-state index contributed by atoms with van der Waals surface area (Å²) < 4.78 is 26.3. The lowest BCUT2D eigenvalue weighted by Crippen LogP contribution is -2.47. The van der Waals surface area contributed by atoms with Crippen LogP contribution in [0.5, 0.6) is 0 Å². The second-order valence-electron chi connectivity index (χ2n) is 7.15. The molecule has 1 aliphatic heterocycles. The average molecular weight is 335 g/mol. The second kappa shape index (κ2) is 6.15. The summed E-state index contributed by atoms with van der Waals surface area (Å²) in [6.45, 7) is 1.33. The normalized spacial score (nSPS) is 25.4. The molecule has 2 aliphatic carbocycles. The lowest BCUT2D eigenvalue weighted by Gasteiger charge is -2.34. The molecule has 0 radical (unpaired) electrons. The van der Waals surface area contributed by atoms with E-state index in [0.717, 1.165) is 31.4 Å². The molecule has 4 rings (SSSR count). The van der Waals surface area contributed by atoms with Gasteiger partial charge in [0.05, 0.1) is 17.0 Å². The highest BCUT2D eigenvalue weighted by atomic mass is 32.2. The summed E-state index contributed by atoms with van der Waals surface area (Å²) in [7, 11) is -3.00. The van der Waals surface area contributed by atoms with Crippen LogP contribution in [0.4, 0.5) is 0 Å². The summed E-state index contributed by atoms with van der Waals surface area (Å²) in [4.78, 5) is 4.52. The van der Waals surface area contributed by atoms with E-state index in [0.29, 0.717) is 31.1 Å². The molecule has 2 heterocycles. The van der Waals surface area contributed by atoms with E-state index < -0.39 is 10.0 Å². The van der Waals surface area contributed by atoms with Gasteiger partial charge in [-0.25, -0.2) is 12.7 Å². The number of hydrogen-bond acceptors (Lipinski definition) is 4. The highest BCUT2D eigenvalue weighted by molar-refractivity contribution is 7.90. The van der Waals surface area contributed by atoms with Crippen molar-refractivity contribution in [2.24, 2.45) is 5.92 Å². The van der Waals surface area contributed by atoms with Gasteiger partial charge in [-0.1, -0.05) is 6.07 Å². The van der Waals surface area contributed by atoms with Crippen LogP contribution in [0, 0.1) is 5.92 Å². The molecule has 23 heavy (non-hydrogen) atoms. The minimum absolute atomic E-state index is 0.0836. The van der Waals surface area contributed by atoms with Crippen molar-refractivity contribution in [2.75, 3.05) is 13.1 Å². The molecule has 5 nitrogen and oxygen atoms in total. The maximum Gasteiger partial charge on any atom is 0.216 e.